The largest absolute Gasteiger partial charge is 0.462 e. The summed E-state index contributed by atoms with van der Waals surface area (Å²) < 4.78 is 4.90. The lowest BCUT2D eigenvalue weighted by Crippen LogP contribution is -2.17. The molecule has 1 fully saturated rings. The quantitative estimate of drug-likeness (QED) is 0.311. The fourth-order valence-electron chi connectivity index (χ4n) is 1.97. The molecule has 0 heterocycles. The van der Waals surface area contributed by atoms with E-state index in [1.165, 1.54) is 13.3 Å². The zero-order valence-corrected chi connectivity index (χ0v) is 9.47. The number of Topliss-reactive ketones (excluding diaryl/α,β-unsaturated/α-hetero) is 1. The highest BCUT2D eigenvalue weighted by atomic mass is 16.5. The van der Waals surface area contributed by atoms with Crippen LogP contribution in [0.25, 0.3) is 0 Å². The first kappa shape index (κ1) is 12.0. The molecule has 0 aliphatic heterocycles. The van der Waals surface area contributed by atoms with Crippen molar-refractivity contribution in [3.05, 3.63) is 11.1 Å². The number of hydrogen-bond acceptors (Lipinski definition) is 3. The van der Waals surface area contributed by atoms with Gasteiger partial charge in [0, 0.05) is 0 Å². The Balaban J connectivity index is 2.88. The van der Waals surface area contributed by atoms with Gasteiger partial charge >= 0.3 is 5.97 Å². The molecule has 0 spiro atoms. The lowest BCUT2D eigenvalue weighted by Gasteiger charge is -2.16. The van der Waals surface area contributed by atoms with Crippen LogP contribution in [-0.4, -0.2) is 18.4 Å². The highest BCUT2D eigenvalue weighted by Crippen LogP contribution is 2.26. The van der Waals surface area contributed by atoms with Crippen LogP contribution in [0.1, 0.15) is 46.0 Å². The Bertz CT molecular complexity index is 281. The van der Waals surface area contributed by atoms with Crippen LogP contribution in [0.3, 0.4) is 0 Å². The highest BCUT2D eigenvalue weighted by molar-refractivity contribution is 6.17. The first-order valence-electron chi connectivity index (χ1n) is 5.57. The third-order valence-corrected chi connectivity index (χ3v) is 2.64. The Hall–Kier alpha value is -1.12. The fraction of sp³-hybridized carbons (Fsp3) is 0.667. The molecule has 0 aromatic rings. The number of rotatable bonds is 3. The summed E-state index contributed by atoms with van der Waals surface area (Å²) in [4.78, 5) is 23.0. The van der Waals surface area contributed by atoms with Crippen LogP contribution >= 0.6 is 0 Å². The van der Waals surface area contributed by atoms with Gasteiger partial charge in [0.1, 0.15) is 5.57 Å². The minimum absolute atomic E-state index is 0.162. The van der Waals surface area contributed by atoms with Gasteiger partial charge in [-0.2, -0.15) is 0 Å². The van der Waals surface area contributed by atoms with Crippen molar-refractivity contribution in [3.63, 3.8) is 0 Å². The maximum Gasteiger partial charge on any atom is 0.341 e. The second-order valence-electron chi connectivity index (χ2n) is 3.82. The SMILES string of the molecule is CCOC(=O)C(C(C)=O)=C1CCCCC1. The van der Waals surface area contributed by atoms with Crippen molar-refractivity contribution < 1.29 is 14.3 Å². The predicted molar refractivity (Wildman–Crippen MR) is 57.4 cm³/mol. The van der Waals surface area contributed by atoms with Gasteiger partial charge in [0.15, 0.2) is 5.78 Å². The highest BCUT2D eigenvalue weighted by Gasteiger charge is 2.22. The van der Waals surface area contributed by atoms with Crippen LogP contribution in [0.2, 0.25) is 0 Å². The zero-order chi connectivity index (χ0) is 11.3. The van der Waals surface area contributed by atoms with Gasteiger partial charge < -0.3 is 4.74 Å². The van der Waals surface area contributed by atoms with Gasteiger partial charge in [-0.25, -0.2) is 4.79 Å². The Labute approximate surface area is 90.5 Å². The molecule has 1 aliphatic carbocycles. The molecule has 15 heavy (non-hydrogen) atoms. The van der Waals surface area contributed by atoms with Crippen LogP contribution in [0, 0.1) is 0 Å². The second kappa shape index (κ2) is 5.69. The number of allylic oxidation sites excluding steroid dienone is 1. The van der Waals surface area contributed by atoms with E-state index in [0.29, 0.717) is 12.2 Å². The number of ether oxygens (including phenoxy) is 1. The Kier molecular flexibility index (Phi) is 4.53. The van der Waals surface area contributed by atoms with Gasteiger partial charge in [0.2, 0.25) is 0 Å². The molecule has 1 saturated carbocycles. The van der Waals surface area contributed by atoms with Gasteiger partial charge in [-0.15, -0.1) is 0 Å². The van der Waals surface area contributed by atoms with Crippen molar-refractivity contribution >= 4 is 11.8 Å². The molecule has 3 heteroatoms. The normalized spacial score (nSPS) is 16.0. The molecule has 0 bridgehead atoms. The zero-order valence-electron chi connectivity index (χ0n) is 9.47. The van der Waals surface area contributed by atoms with E-state index >= 15 is 0 Å². The average Bonchev–Trinajstić information content (AvgIpc) is 2.19. The van der Waals surface area contributed by atoms with E-state index < -0.39 is 5.97 Å². The van der Waals surface area contributed by atoms with Crippen LogP contribution in [-0.2, 0) is 14.3 Å². The number of carbonyl (C=O) groups excluding carboxylic acids is 2. The summed E-state index contributed by atoms with van der Waals surface area (Å²) in [7, 11) is 0. The molecule has 0 aromatic heterocycles. The van der Waals surface area contributed by atoms with Crippen molar-refractivity contribution in [2.24, 2.45) is 0 Å². The van der Waals surface area contributed by atoms with Crippen LogP contribution in [0.15, 0.2) is 11.1 Å². The molecule has 0 amide bonds. The molecule has 84 valence electrons. The first-order chi connectivity index (χ1) is 7.16. The maximum atomic E-state index is 11.6. The molecule has 1 rings (SSSR count). The number of carbonyl (C=O) groups is 2. The van der Waals surface area contributed by atoms with E-state index in [1.807, 2.05) is 0 Å². The first-order valence-corrected chi connectivity index (χ1v) is 5.57. The maximum absolute atomic E-state index is 11.6. The molecular formula is C12H18O3. The number of ketones is 1. The summed E-state index contributed by atoms with van der Waals surface area (Å²) in [5.41, 5.74) is 1.30. The van der Waals surface area contributed by atoms with E-state index in [9.17, 15) is 9.59 Å². The third-order valence-electron chi connectivity index (χ3n) is 2.64. The number of esters is 1. The van der Waals surface area contributed by atoms with Gasteiger partial charge in [-0.3, -0.25) is 4.79 Å². The molecule has 0 N–H and O–H groups in total. The minimum Gasteiger partial charge on any atom is -0.462 e. The smallest absolute Gasteiger partial charge is 0.341 e. The van der Waals surface area contributed by atoms with E-state index in [2.05, 4.69) is 0 Å². The fourth-order valence-corrected chi connectivity index (χ4v) is 1.97. The van der Waals surface area contributed by atoms with Gasteiger partial charge in [0.05, 0.1) is 6.61 Å². The Morgan fingerprint density at radius 1 is 1.20 bits per heavy atom. The van der Waals surface area contributed by atoms with Crippen LogP contribution in [0.4, 0.5) is 0 Å². The summed E-state index contributed by atoms with van der Waals surface area (Å²) in [5.74, 6) is -0.604. The molecule has 0 aromatic carbocycles. The van der Waals surface area contributed by atoms with Crippen molar-refractivity contribution in [1.29, 1.82) is 0 Å². The van der Waals surface area contributed by atoms with Gasteiger partial charge in [-0.1, -0.05) is 12.0 Å². The Morgan fingerprint density at radius 3 is 2.27 bits per heavy atom. The standard InChI is InChI=1S/C12H18O3/c1-3-15-12(14)11(9(2)13)10-7-5-4-6-8-10/h3-8H2,1-2H3. The molecule has 1 aliphatic rings. The van der Waals surface area contributed by atoms with Gasteiger partial charge in [0.25, 0.3) is 0 Å². The monoisotopic (exact) mass is 210 g/mol. The van der Waals surface area contributed by atoms with E-state index in [-0.39, 0.29) is 5.78 Å². The van der Waals surface area contributed by atoms with Crippen LogP contribution < -0.4 is 0 Å². The van der Waals surface area contributed by atoms with Crippen molar-refractivity contribution in [2.45, 2.75) is 46.0 Å². The van der Waals surface area contributed by atoms with E-state index in [0.717, 1.165) is 31.3 Å². The van der Waals surface area contributed by atoms with Crippen LogP contribution in [0.5, 0.6) is 0 Å². The lowest BCUT2D eigenvalue weighted by molar-refractivity contribution is -0.139. The van der Waals surface area contributed by atoms with Crippen molar-refractivity contribution in [1.82, 2.24) is 0 Å². The second-order valence-corrected chi connectivity index (χ2v) is 3.82. The summed E-state index contributed by atoms with van der Waals surface area (Å²) >= 11 is 0. The predicted octanol–water partition coefficient (Wildman–Crippen LogP) is 2.40. The summed E-state index contributed by atoms with van der Waals surface area (Å²) in [6.45, 7) is 3.51. The Morgan fingerprint density at radius 2 is 1.80 bits per heavy atom. The molecule has 0 saturated heterocycles. The molecule has 0 atom stereocenters. The molecular weight excluding hydrogens is 192 g/mol. The van der Waals surface area contributed by atoms with E-state index in [1.54, 1.807) is 6.92 Å². The molecule has 0 radical (unpaired) electrons. The van der Waals surface area contributed by atoms with Crippen molar-refractivity contribution in [3.8, 4) is 0 Å². The van der Waals surface area contributed by atoms with Gasteiger partial charge in [-0.05, 0) is 39.5 Å². The summed E-state index contributed by atoms with van der Waals surface area (Å²) in [6.07, 6.45) is 5.08. The summed E-state index contributed by atoms with van der Waals surface area (Å²) in [6, 6.07) is 0. The average molecular weight is 210 g/mol. The third kappa shape index (κ3) is 3.18. The summed E-state index contributed by atoms with van der Waals surface area (Å²) in [5, 5.41) is 0. The lowest BCUT2D eigenvalue weighted by atomic mass is 9.90. The molecule has 3 nitrogen and oxygen atoms in total. The minimum atomic E-state index is -0.443. The topological polar surface area (TPSA) is 43.4 Å². The number of hydrogen-bond donors (Lipinski definition) is 0. The van der Waals surface area contributed by atoms with Crippen molar-refractivity contribution in [2.75, 3.05) is 6.61 Å². The van der Waals surface area contributed by atoms with E-state index in [4.69, 9.17) is 4.74 Å². The molecule has 0 unspecified atom stereocenters.